The first-order valence-corrected chi connectivity index (χ1v) is 16.9. The number of hydrogen-bond acceptors (Lipinski definition) is 6. The lowest BCUT2D eigenvalue weighted by molar-refractivity contribution is -0.0190. The highest BCUT2D eigenvalue weighted by Crippen LogP contribution is 2.29. The van der Waals surface area contributed by atoms with Gasteiger partial charge in [-0.25, -0.2) is 4.79 Å². The van der Waals surface area contributed by atoms with Crippen LogP contribution in [0.3, 0.4) is 0 Å². The van der Waals surface area contributed by atoms with Crippen molar-refractivity contribution in [3.05, 3.63) is 54.1 Å². The third-order valence-electron chi connectivity index (χ3n) is 9.13. The van der Waals surface area contributed by atoms with Gasteiger partial charge >= 0.3 is 6.03 Å². The lowest BCUT2D eigenvalue weighted by atomic mass is 9.89. The van der Waals surface area contributed by atoms with E-state index in [9.17, 15) is 14.7 Å². The second kappa shape index (κ2) is 17.5. The summed E-state index contributed by atoms with van der Waals surface area (Å²) in [4.78, 5) is 31.2. The number of benzene rings is 2. The smallest absolute Gasteiger partial charge is 0.323 e. The molecule has 9 nitrogen and oxygen atoms in total. The predicted octanol–water partition coefficient (Wildman–Crippen LogP) is 6.64. The first-order chi connectivity index (χ1) is 21.7. The van der Waals surface area contributed by atoms with E-state index in [1.54, 1.807) is 23.1 Å². The summed E-state index contributed by atoms with van der Waals surface area (Å²) in [5.41, 5.74) is 1.50. The van der Waals surface area contributed by atoms with Crippen LogP contribution in [-0.4, -0.2) is 85.0 Å². The van der Waals surface area contributed by atoms with Crippen LogP contribution >= 0.6 is 0 Å². The van der Waals surface area contributed by atoms with Gasteiger partial charge in [0.25, 0.3) is 5.91 Å². The van der Waals surface area contributed by atoms with Gasteiger partial charge in [-0.1, -0.05) is 44.4 Å². The number of ether oxygens (including phenoxy) is 2. The normalized spacial score (nSPS) is 23.0. The monoisotopic (exact) mass is 622 g/mol. The molecule has 3 amide bonds. The zero-order valence-corrected chi connectivity index (χ0v) is 27.7. The maximum absolute atomic E-state index is 14.3. The van der Waals surface area contributed by atoms with Crippen LogP contribution in [0.1, 0.15) is 82.5 Å². The zero-order valence-electron chi connectivity index (χ0n) is 27.7. The van der Waals surface area contributed by atoms with E-state index < -0.39 is 12.1 Å². The number of fused-ring (bicyclic) bond motifs is 1. The van der Waals surface area contributed by atoms with E-state index in [1.165, 1.54) is 32.1 Å². The number of hydrogen-bond donors (Lipinski definition) is 3. The Balaban J connectivity index is 1.56. The molecule has 45 heavy (non-hydrogen) atoms. The number of aliphatic hydroxyl groups excluding tert-OH is 1. The number of urea groups is 1. The van der Waals surface area contributed by atoms with Crippen LogP contribution in [0.15, 0.2) is 48.5 Å². The van der Waals surface area contributed by atoms with E-state index in [0.717, 1.165) is 38.3 Å². The van der Waals surface area contributed by atoms with Crippen LogP contribution in [0.25, 0.3) is 0 Å². The molecule has 1 fully saturated rings. The van der Waals surface area contributed by atoms with Crippen molar-refractivity contribution in [2.75, 3.05) is 50.5 Å². The average molecular weight is 623 g/mol. The number of carbonyl (C=O) groups is 2. The van der Waals surface area contributed by atoms with Gasteiger partial charge in [0, 0.05) is 43.5 Å². The molecule has 9 heteroatoms. The zero-order chi connectivity index (χ0) is 32.2. The summed E-state index contributed by atoms with van der Waals surface area (Å²) in [7, 11) is 2.19. The summed E-state index contributed by atoms with van der Waals surface area (Å²) >= 11 is 0. The Bertz CT molecular complexity index is 1210. The molecule has 0 radical (unpaired) electrons. The van der Waals surface area contributed by atoms with Gasteiger partial charge in [0.2, 0.25) is 0 Å². The molecule has 0 spiro atoms. The fourth-order valence-corrected chi connectivity index (χ4v) is 6.47. The molecule has 4 rings (SSSR count). The summed E-state index contributed by atoms with van der Waals surface area (Å²) in [5, 5.41) is 15.9. The van der Waals surface area contributed by atoms with Gasteiger partial charge in [-0.2, -0.15) is 0 Å². The van der Waals surface area contributed by atoms with E-state index in [0.29, 0.717) is 35.8 Å². The number of para-hydroxylation sites is 1. The molecule has 4 atom stereocenters. The van der Waals surface area contributed by atoms with Crippen molar-refractivity contribution in [1.82, 2.24) is 9.80 Å². The summed E-state index contributed by atoms with van der Waals surface area (Å²) < 4.78 is 12.9. The first kappa shape index (κ1) is 34.7. The minimum atomic E-state index is -0.420. The lowest BCUT2D eigenvalue weighted by Crippen LogP contribution is -2.47. The van der Waals surface area contributed by atoms with E-state index >= 15 is 0 Å². The second-order valence-electron chi connectivity index (χ2n) is 13.2. The van der Waals surface area contributed by atoms with Crippen molar-refractivity contribution >= 4 is 23.3 Å². The van der Waals surface area contributed by atoms with Crippen LogP contribution in [0, 0.1) is 11.8 Å². The first-order valence-electron chi connectivity index (χ1n) is 16.9. The highest BCUT2D eigenvalue weighted by molar-refractivity contribution is 6.02. The van der Waals surface area contributed by atoms with Gasteiger partial charge in [0.05, 0.1) is 30.4 Å². The molecule has 0 unspecified atom stereocenters. The highest BCUT2D eigenvalue weighted by Gasteiger charge is 2.31. The maximum atomic E-state index is 14.3. The largest absolute Gasteiger partial charge is 0.490 e. The molecular formula is C36H54N4O5. The Hall–Kier alpha value is -3.14. The Labute approximate surface area is 269 Å². The van der Waals surface area contributed by atoms with Crippen LogP contribution in [0.2, 0.25) is 0 Å². The Morgan fingerprint density at radius 2 is 1.69 bits per heavy atom. The van der Waals surface area contributed by atoms with Crippen molar-refractivity contribution in [3.63, 3.8) is 0 Å². The van der Waals surface area contributed by atoms with Gasteiger partial charge in [0.1, 0.15) is 5.75 Å². The van der Waals surface area contributed by atoms with Crippen LogP contribution < -0.4 is 15.4 Å². The molecule has 1 aliphatic carbocycles. The SMILES string of the molecule is C[C@H]1CCCCO[C@H](CN(C)CC2CCCCC2)[C@@H](C)CN([C@@H](C)CO)C(=O)c2cc(NC(=O)Nc3ccccc3)ccc2O1. The van der Waals surface area contributed by atoms with Crippen LogP contribution in [0.5, 0.6) is 5.75 Å². The van der Waals surface area contributed by atoms with Crippen molar-refractivity contribution in [1.29, 1.82) is 0 Å². The number of amides is 3. The van der Waals surface area contributed by atoms with Crippen molar-refractivity contribution in [2.24, 2.45) is 11.8 Å². The van der Waals surface area contributed by atoms with Gasteiger partial charge in [0.15, 0.2) is 0 Å². The quantitative estimate of drug-likeness (QED) is 0.305. The Morgan fingerprint density at radius 3 is 2.42 bits per heavy atom. The number of likely N-dealkylation sites (N-methyl/N-ethyl adjacent to an activating group) is 1. The van der Waals surface area contributed by atoms with Gasteiger partial charge in [-0.15, -0.1) is 0 Å². The molecule has 2 aliphatic rings. The Kier molecular flexibility index (Phi) is 13.5. The third-order valence-corrected chi connectivity index (χ3v) is 9.13. The third kappa shape index (κ3) is 10.7. The Morgan fingerprint density at radius 1 is 0.978 bits per heavy atom. The van der Waals surface area contributed by atoms with E-state index in [1.807, 2.05) is 44.2 Å². The fraction of sp³-hybridized carbons (Fsp3) is 0.611. The van der Waals surface area contributed by atoms with Crippen molar-refractivity contribution < 1.29 is 24.2 Å². The molecule has 0 saturated heterocycles. The fourth-order valence-electron chi connectivity index (χ4n) is 6.47. The molecular weight excluding hydrogens is 568 g/mol. The maximum Gasteiger partial charge on any atom is 0.323 e. The minimum Gasteiger partial charge on any atom is -0.490 e. The molecule has 0 bridgehead atoms. The van der Waals surface area contributed by atoms with E-state index in [-0.39, 0.29) is 30.6 Å². The molecule has 2 aromatic carbocycles. The predicted molar refractivity (Wildman–Crippen MR) is 180 cm³/mol. The molecule has 248 valence electrons. The van der Waals surface area contributed by atoms with Gasteiger partial charge < -0.3 is 35.0 Å². The molecule has 1 saturated carbocycles. The minimum absolute atomic E-state index is 0.0287. The summed E-state index contributed by atoms with van der Waals surface area (Å²) in [6.07, 6.45) is 9.15. The van der Waals surface area contributed by atoms with Crippen molar-refractivity contribution in [2.45, 2.75) is 90.4 Å². The number of aliphatic hydroxyl groups is 1. The topological polar surface area (TPSA) is 103 Å². The summed E-state index contributed by atoms with van der Waals surface area (Å²) in [6.45, 7) is 8.79. The molecule has 1 aliphatic heterocycles. The van der Waals surface area contributed by atoms with E-state index in [2.05, 4.69) is 29.5 Å². The number of carbonyl (C=O) groups excluding carboxylic acids is 2. The van der Waals surface area contributed by atoms with Crippen LogP contribution in [0.4, 0.5) is 16.2 Å². The molecule has 3 N–H and O–H groups in total. The number of nitrogens with one attached hydrogen (secondary N) is 2. The number of rotatable bonds is 8. The standard InChI is InChI=1S/C36H54N4O5/c1-26-22-40(27(2)25-41)35(42)32-21-31(38-36(43)37-30-16-9-6-10-17-30)18-19-33(32)45-28(3)13-11-12-20-44-34(26)24-39(4)23-29-14-7-5-8-15-29/h6,9-10,16-19,21,26-29,34,41H,5,7-8,11-15,20,22-25H2,1-4H3,(H2,37,38,43)/t26-,27-,28-,34+/m0/s1. The summed E-state index contributed by atoms with van der Waals surface area (Å²) in [5.74, 6) is 0.993. The lowest BCUT2D eigenvalue weighted by Gasteiger charge is -2.36. The van der Waals surface area contributed by atoms with E-state index in [4.69, 9.17) is 9.47 Å². The molecule has 1 heterocycles. The molecule has 0 aromatic heterocycles. The molecule has 2 aromatic rings. The number of nitrogens with zero attached hydrogens (tertiary/aromatic N) is 2. The van der Waals surface area contributed by atoms with Crippen LogP contribution in [-0.2, 0) is 4.74 Å². The number of anilines is 2. The average Bonchev–Trinajstić information content (AvgIpc) is 3.03. The van der Waals surface area contributed by atoms with Gasteiger partial charge in [-0.05, 0) is 89.2 Å². The van der Waals surface area contributed by atoms with Gasteiger partial charge in [-0.3, -0.25) is 4.79 Å². The summed E-state index contributed by atoms with van der Waals surface area (Å²) in [6, 6.07) is 13.5. The van der Waals surface area contributed by atoms with Crippen molar-refractivity contribution in [3.8, 4) is 5.75 Å². The second-order valence-corrected chi connectivity index (χ2v) is 13.2. The highest BCUT2D eigenvalue weighted by atomic mass is 16.5.